The number of rotatable bonds is 13. The molecule has 332 valence electrons. The molecule has 2 saturated heterocycles. The summed E-state index contributed by atoms with van der Waals surface area (Å²) in [6.07, 6.45) is -2.25. The predicted octanol–water partition coefficient (Wildman–Crippen LogP) is 4.88. The first kappa shape index (κ1) is 44.3. The van der Waals surface area contributed by atoms with Gasteiger partial charge in [0.1, 0.15) is 29.9 Å². The van der Waals surface area contributed by atoms with E-state index in [1.54, 1.807) is 66.7 Å². The van der Waals surface area contributed by atoms with Crippen molar-refractivity contribution in [2.24, 2.45) is 11.8 Å². The highest BCUT2D eigenvalue weighted by molar-refractivity contribution is 6.12. The average molecular weight is 878 g/mol. The fourth-order valence-electron chi connectivity index (χ4n) is 9.48. The van der Waals surface area contributed by atoms with E-state index in [9.17, 15) is 19.8 Å². The second kappa shape index (κ2) is 19.2. The van der Waals surface area contributed by atoms with E-state index >= 15 is 14.4 Å². The van der Waals surface area contributed by atoms with Crippen molar-refractivity contribution in [1.82, 2.24) is 10.2 Å². The van der Waals surface area contributed by atoms with Crippen LogP contribution in [0, 0.1) is 23.7 Å². The van der Waals surface area contributed by atoms with E-state index in [1.807, 2.05) is 71.6 Å². The van der Waals surface area contributed by atoms with E-state index in [0.29, 0.717) is 39.3 Å². The van der Waals surface area contributed by atoms with Crippen molar-refractivity contribution in [3.8, 4) is 17.6 Å². The summed E-state index contributed by atoms with van der Waals surface area (Å²) in [5, 5.41) is 26.8. The molecule has 3 aliphatic heterocycles. The van der Waals surface area contributed by atoms with Gasteiger partial charge in [0, 0.05) is 24.2 Å². The van der Waals surface area contributed by atoms with Crippen LogP contribution in [0.1, 0.15) is 64.1 Å². The van der Waals surface area contributed by atoms with Crippen LogP contribution < -0.4 is 15.4 Å². The Morgan fingerprint density at radius 3 is 2.08 bits per heavy atom. The quantitative estimate of drug-likeness (QED) is 0.0544. The minimum atomic E-state index is -1.87. The first-order chi connectivity index (χ1) is 31.6. The number of carbonyl (C=O) groups is 5. The Hall–Kier alpha value is -7.31. The number of esters is 3. The number of fused-ring (bicyclic) bond motifs is 3. The Bertz CT molecular complexity index is 2600. The largest absolute Gasteiger partial charge is 0.491 e. The van der Waals surface area contributed by atoms with Crippen LogP contribution in [0.3, 0.4) is 0 Å². The van der Waals surface area contributed by atoms with Crippen molar-refractivity contribution in [1.29, 1.82) is 0 Å². The molecule has 0 bridgehead atoms. The molecular formula is C51H47N3O11. The Labute approximate surface area is 375 Å². The van der Waals surface area contributed by atoms with Crippen molar-refractivity contribution in [2.45, 2.75) is 42.2 Å². The molecule has 2 fully saturated rings. The summed E-state index contributed by atoms with van der Waals surface area (Å²) in [5.41, 5.74) is 1.82. The van der Waals surface area contributed by atoms with Crippen LogP contribution in [0.4, 0.5) is 5.69 Å². The second-order valence-electron chi connectivity index (χ2n) is 15.9. The van der Waals surface area contributed by atoms with Crippen molar-refractivity contribution in [3.05, 3.63) is 167 Å². The van der Waals surface area contributed by atoms with Gasteiger partial charge in [-0.15, -0.1) is 0 Å². The van der Waals surface area contributed by atoms with Gasteiger partial charge in [-0.05, 0) is 58.1 Å². The van der Waals surface area contributed by atoms with Gasteiger partial charge in [-0.3, -0.25) is 28.9 Å². The van der Waals surface area contributed by atoms with E-state index in [0.717, 1.165) is 19.8 Å². The molecule has 0 aliphatic carbocycles. The second-order valence-corrected chi connectivity index (χ2v) is 15.9. The zero-order valence-electron chi connectivity index (χ0n) is 35.6. The molecular weight excluding hydrogens is 831 g/mol. The first-order valence-electron chi connectivity index (χ1n) is 21.1. The van der Waals surface area contributed by atoms with Crippen LogP contribution in [-0.2, 0) is 43.6 Å². The number of methoxy groups -OCH3 is 2. The van der Waals surface area contributed by atoms with Gasteiger partial charge >= 0.3 is 17.9 Å². The van der Waals surface area contributed by atoms with Gasteiger partial charge in [-0.1, -0.05) is 115 Å². The maximum atomic E-state index is 15.5. The minimum absolute atomic E-state index is 0.0399. The number of aliphatic hydroxyl groups is 2. The third-order valence-electron chi connectivity index (χ3n) is 12.3. The summed E-state index contributed by atoms with van der Waals surface area (Å²) < 4.78 is 21.8. The third-order valence-corrected chi connectivity index (χ3v) is 12.3. The summed E-state index contributed by atoms with van der Waals surface area (Å²) in [4.78, 5) is 72.8. The number of ether oxygens (including phenoxy) is 4. The Balaban J connectivity index is 1.35. The van der Waals surface area contributed by atoms with E-state index in [2.05, 4.69) is 22.5 Å². The van der Waals surface area contributed by atoms with Crippen molar-refractivity contribution in [2.75, 3.05) is 39.3 Å². The number of nitrogens with zero attached hydrogens (tertiary/aromatic N) is 1. The van der Waals surface area contributed by atoms with Crippen LogP contribution >= 0.6 is 0 Å². The summed E-state index contributed by atoms with van der Waals surface area (Å²) in [5.74, 6) is -0.0120. The molecule has 4 N–H and O–H groups in total. The molecule has 3 heterocycles. The van der Waals surface area contributed by atoms with Gasteiger partial charge in [0.15, 0.2) is 5.92 Å². The number of cyclic esters (lactones) is 1. The number of carbonyl (C=O) groups excluding carboxylic acids is 5. The fourth-order valence-corrected chi connectivity index (χ4v) is 9.48. The van der Waals surface area contributed by atoms with Crippen molar-refractivity contribution >= 4 is 35.4 Å². The molecule has 14 nitrogen and oxygen atoms in total. The standard InChI is InChI=1S/C51H47N3O11/c1-62-47(58)37(48(59)63-2)20-12-13-31-21-26-39-38(29-31)51(50(61)53-39)41(46(57)52-30-40(56)32-14-6-3-7-15-32)43-49(60)65-44(34-18-10-5-11-19-34)42(33-16-8-4-9-17-33)54(43)45(51)35-22-24-36(25-23-35)64-28-27-55/h3-11,14-19,21-26,29,37,40-45,55-56H,20,27-28,30H2,1-2H3,(H,52,57)(H,53,61)/t40-,41-,42-,43-,44+,45+,51-/m0/s1. The molecule has 0 radical (unpaired) electrons. The van der Waals surface area contributed by atoms with Gasteiger partial charge in [-0.2, -0.15) is 0 Å². The number of amides is 2. The average Bonchev–Trinajstić information content (AvgIpc) is 3.82. The van der Waals surface area contributed by atoms with Gasteiger partial charge < -0.3 is 39.8 Å². The van der Waals surface area contributed by atoms with Crippen LogP contribution in [0.2, 0.25) is 0 Å². The molecule has 65 heavy (non-hydrogen) atoms. The molecule has 8 rings (SSSR count). The number of hydrogen-bond donors (Lipinski definition) is 4. The lowest BCUT2D eigenvalue weighted by Crippen LogP contribution is -2.55. The molecule has 0 aromatic heterocycles. The van der Waals surface area contributed by atoms with E-state index in [-0.39, 0.29) is 26.2 Å². The minimum Gasteiger partial charge on any atom is -0.491 e. The summed E-state index contributed by atoms with van der Waals surface area (Å²) in [6.45, 7) is -0.415. The normalized spacial score (nSPS) is 22.4. The lowest BCUT2D eigenvalue weighted by Gasteiger charge is -2.46. The number of anilines is 1. The Morgan fingerprint density at radius 1 is 0.815 bits per heavy atom. The zero-order valence-corrected chi connectivity index (χ0v) is 35.6. The van der Waals surface area contributed by atoms with Crippen LogP contribution in [0.25, 0.3) is 0 Å². The SMILES string of the molecule is COC(=O)C(CC#Cc1ccc2c(c1)[C@]1(C(=O)N2)[C@H](C(=O)NC[C@H](O)c2ccccc2)[C@H]2C(=O)O[C@H](c3ccccc3)[C@H](c3ccccc3)N2[C@@H]1c1ccc(OCCO)cc1)C(=O)OC. The molecule has 5 aromatic rings. The molecule has 0 saturated carbocycles. The lowest BCUT2D eigenvalue weighted by atomic mass is 9.65. The third kappa shape index (κ3) is 8.33. The van der Waals surface area contributed by atoms with E-state index in [1.165, 1.54) is 0 Å². The van der Waals surface area contributed by atoms with Crippen LogP contribution in [-0.4, -0.2) is 84.9 Å². The van der Waals surface area contributed by atoms with E-state index in [4.69, 9.17) is 18.9 Å². The van der Waals surface area contributed by atoms with E-state index < -0.39 is 77.3 Å². The molecule has 0 unspecified atom stereocenters. The van der Waals surface area contributed by atoms with Gasteiger partial charge in [-0.25, -0.2) is 0 Å². The first-order valence-corrected chi connectivity index (χ1v) is 21.1. The fraction of sp³-hybridized carbons (Fsp3) is 0.275. The summed E-state index contributed by atoms with van der Waals surface area (Å²) in [6, 6.07) is 36.4. The predicted molar refractivity (Wildman–Crippen MR) is 236 cm³/mol. The van der Waals surface area contributed by atoms with Crippen molar-refractivity contribution < 1.29 is 53.1 Å². The Morgan fingerprint density at radius 2 is 1.45 bits per heavy atom. The molecule has 7 atom stereocenters. The summed E-state index contributed by atoms with van der Waals surface area (Å²) in [7, 11) is 2.32. The zero-order chi connectivity index (χ0) is 45.7. The van der Waals surface area contributed by atoms with Crippen LogP contribution in [0.5, 0.6) is 5.75 Å². The van der Waals surface area contributed by atoms with Gasteiger partial charge in [0.05, 0.1) is 44.9 Å². The highest BCUT2D eigenvalue weighted by Crippen LogP contribution is 2.64. The Kier molecular flexibility index (Phi) is 13.1. The van der Waals surface area contributed by atoms with Gasteiger partial charge in [0.2, 0.25) is 11.8 Å². The monoisotopic (exact) mass is 877 g/mol. The number of benzene rings is 5. The summed E-state index contributed by atoms with van der Waals surface area (Å²) >= 11 is 0. The molecule has 3 aliphatic rings. The number of aliphatic hydroxyl groups excluding tert-OH is 2. The number of hydrogen-bond acceptors (Lipinski definition) is 12. The lowest BCUT2D eigenvalue weighted by molar-refractivity contribution is -0.178. The molecule has 1 spiro atoms. The smallest absolute Gasteiger partial charge is 0.324 e. The number of nitrogens with one attached hydrogen (secondary N) is 2. The van der Waals surface area contributed by atoms with Crippen molar-refractivity contribution in [3.63, 3.8) is 0 Å². The number of morpholine rings is 1. The van der Waals surface area contributed by atoms with Crippen LogP contribution in [0.15, 0.2) is 133 Å². The maximum absolute atomic E-state index is 15.5. The molecule has 14 heteroatoms. The molecule has 2 amide bonds. The topological polar surface area (TPSA) is 190 Å². The highest BCUT2D eigenvalue weighted by atomic mass is 16.6. The maximum Gasteiger partial charge on any atom is 0.324 e. The van der Waals surface area contributed by atoms with Gasteiger partial charge in [0.25, 0.3) is 0 Å². The molecule has 5 aromatic carbocycles. The highest BCUT2D eigenvalue weighted by Gasteiger charge is 2.74.